The summed E-state index contributed by atoms with van der Waals surface area (Å²) in [4.78, 5) is 11.4. The van der Waals surface area contributed by atoms with E-state index in [0.717, 1.165) is 22.6 Å². The van der Waals surface area contributed by atoms with Crippen molar-refractivity contribution in [2.75, 3.05) is 12.4 Å². The van der Waals surface area contributed by atoms with Crippen molar-refractivity contribution in [3.63, 3.8) is 0 Å². The first-order valence-corrected chi connectivity index (χ1v) is 7.42. The van der Waals surface area contributed by atoms with Gasteiger partial charge in [-0.3, -0.25) is 10.4 Å². The molecule has 1 amide bonds. The highest BCUT2D eigenvalue weighted by molar-refractivity contribution is 5.85. The van der Waals surface area contributed by atoms with Gasteiger partial charge in [-0.15, -0.1) is 0 Å². The molecule has 0 unspecified atom stereocenters. The predicted molar refractivity (Wildman–Crippen MR) is 90.8 cm³/mol. The standard InChI is InChI=1S/C18H17N3O3/c1-23-18(22)20-16-5-3-2-4-14(16)12-24-15-8-6-13(7-9-15)17-10-11-19-21-17/h2-11H,12H2,1H3,(H,19,21)(H,20,22). The number of carbonyl (C=O) groups is 1. The molecule has 0 spiro atoms. The maximum atomic E-state index is 11.4. The number of nitrogens with one attached hydrogen (secondary N) is 2. The molecule has 1 heterocycles. The number of methoxy groups -OCH3 is 1. The first kappa shape index (κ1) is 15.6. The second-order valence-electron chi connectivity index (χ2n) is 5.05. The molecule has 6 heteroatoms. The average Bonchev–Trinajstić information content (AvgIpc) is 3.16. The molecule has 0 aliphatic carbocycles. The van der Waals surface area contributed by atoms with E-state index in [0.29, 0.717) is 12.3 Å². The third kappa shape index (κ3) is 3.73. The van der Waals surface area contributed by atoms with Gasteiger partial charge in [-0.1, -0.05) is 18.2 Å². The van der Waals surface area contributed by atoms with Crippen LogP contribution in [0.4, 0.5) is 10.5 Å². The Bertz CT molecular complexity index is 799. The fourth-order valence-corrected chi connectivity index (χ4v) is 2.23. The van der Waals surface area contributed by atoms with Gasteiger partial charge in [0.05, 0.1) is 18.5 Å². The van der Waals surface area contributed by atoms with Crippen LogP contribution < -0.4 is 10.1 Å². The molecule has 3 rings (SSSR count). The number of rotatable bonds is 5. The summed E-state index contributed by atoms with van der Waals surface area (Å²) in [6.07, 6.45) is 1.27. The van der Waals surface area contributed by atoms with Gasteiger partial charge in [-0.2, -0.15) is 5.10 Å². The van der Waals surface area contributed by atoms with Crippen molar-refractivity contribution in [1.29, 1.82) is 0 Å². The Hall–Kier alpha value is -3.28. The molecule has 2 N–H and O–H groups in total. The van der Waals surface area contributed by atoms with Crippen molar-refractivity contribution in [3.05, 3.63) is 66.4 Å². The van der Waals surface area contributed by atoms with E-state index in [1.54, 1.807) is 12.3 Å². The van der Waals surface area contributed by atoms with Gasteiger partial charge in [0.1, 0.15) is 12.4 Å². The maximum Gasteiger partial charge on any atom is 0.411 e. The number of benzene rings is 2. The Kier molecular flexibility index (Phi) is 4.76. The van der Waals surface area contributed by atoms with Crippen molar-refractivity contribution >= 4 is 11.8 Å². The van der Waals surface area contributed by atoms with E-state index in [2.05, 4.69) is 20.3 Å². The summed E-state index contributed by atoms with van der Waals surface area (Å²) in [7, 11) is 1.33. The minimum atomic E-state index is -0.509. The van der Waals surface area contributed by atoms with Gasteiger partial charge in [0, 0.05) is 17.3 Å². The van der Waals surface area contributed by atoms with Crippen LogP contribution in [0.1, 0.15) is 5.56 Å². The summed E-state index contributed by atoms with van der Waals surface area (Å²) in [5.41, 5.74) is 3.42. The van der Waals surface area contributed by atoms with Crippen LogP contribution in [0.3, 0.4) is 0 Å². The third-order valence-corrected chi connectivity index (χ3v) is 3.48. The lowest BCUT2D eigenvalue weighted by atomic mass is 10.1. The topological polar surface area (TPSA) is 76.2 Å². The van der Waals surface area contributed by atoms with E-state index in [1.165, 1.54) is 7.11 Å². The van der Waals surface area contributed by atoms with Crippen molar-refractivity contribution in [2.45, 2.75) is 6.61 Å². The van der Waals surface area contributed by atoms with E-state index < -0.39 is 6.09 Å². The molecular weight excluding hydrogens is 306 g/mol. The molecule has 0 radical (unpaired) electrons. The normalized spacial score (nSPS) is 10.2. The maximum absolute atomic E-state index is 11.4. The summed E-state index contributed by atoms with van der Waals surface area (Å²) in [5.74, 6) is 0.738. The SMILES string of the molecule is COC(=O)Nc1ccccc1COc1ccc(-c2cc[nH]n2)cc1. The Morgan fingerprint density at radius 2 is 1.92 bits per heavy atom. The number of nitrogens with zero attached hydrogens (tertiary/aromatic N) is 1. The van der Waals surface area contributed by atoms with Gasteiger partial charge in [0.2, 0.25) is 0 Å². The Morgan fingerprint density at radius 3 is 2.62 bits per heavy atom. The van der Waals surface area contributed by atoms with Crippen LogP contribution in [0.15, 0.2) is 60.8 Å². The van der Waals surface area contributed by atoms with Crippen LogP contribution in [-0.4, -0.2) is 23.4 Å². The summed E-state index contributed by atoms with van der Waals surface area (Å²) in [5, 5.41) is 9.60. The Labute approximate surface area is 139 Å². The number of H-pyrrole nitrogens is 1. The fraction of sp³-hybridized carbons (Fsp3) is 0.111. The molecule has 0 saturated carbocycles. The average molecular weight is 323 g/mol. The van der Waals surface area contributed by atoms with Crippen LogP contribution in [0.5, 0.6) is 5.75 Å². The molecule has 6 nitrogen and oxygen atoms in total. The monoisotopic (exact) mass is 323 g/mol. The highest BCUT2D eigenvalue weighted by atomic mass is 16.5. The van der Waals surface area contributed by atoms with E-state index in [4.69, 9.17) is 4.74 Å². The molecule has 24 heavy (non-hydrogen) atoms. The molecular formula is C18H17N3O3. The zero-order valence-corrected chi connectivity index (χ0v) is 13.2. The number of aromatic amines is 1. The molecule has 0 saturated heterocycles. The van der Waals surface area contributed by atoms with Crippen LogP contribution in [0, 0.1) is 0 Å². The number of amides is 1. The largest absolute Gasteiger partial charge is 0.489 e. The smallest absolute Gasteiger partial charge is 0.411 e. The molecule has 122 valence electrons. The molecule has 1 aromatic heterocycles. The molecule has 0 aliphatic heterocycles. The second kappa shape index (κ2) is 7.32. The first-order chi connectivity index (χ1) is 11.8. The first-order valence-electron chi connectivity index (χ1n) is 7.42. The number of ether oxygens (including phenoxy) is 2. The summed E-state index contributed by atoms with van der Waals surface area (Å²) in [6.45, 7) is 0.335. The lowest BCUT2D eigenvalue weighted by molar-refractivity contribution is 0.187. The van der Waals surface area contributed by atoms with E-state index in [9.17, 15) is 4.79 Å². The lowest BCUT2D eigenvalue weighted by Crippen LogP contribution is -2.13. The fourth-order valence-electron chi connectivity index (χ4n) is 2.23. The highest BCUT2D eigenvalue weighted by Gasteiger charge is 2.07. The number of anilines is 1. The Morgan fingerprint density at radius 1 is 1.12 bits per heavy atom. The molecule has 0 atom stereocenters. The van der Waals surface area contributed by atoms with Gasteiger partial charge in [0.15, 0.2) is 0 Å². The number of hydrogen-bond donors (Lipinski definition) is 2. The summed E-state index contributed by atoms with van der Waals surface area (Å²) >= 11 is 0. The Balaban J connectivity index is 1.67. The lowest BCUT2D eigenvalue weighted by Gasteiger charge is -2.11. The summed E-state index contributed by atoms with van der Waals surface area (Å²) in [6, 6.07) is 17.0. The molecule has 0 bridgehead atoms. The summed E-state index contributed by atoms with van der Waals surface area (Å²) < 4.78 is 10.4. The van der Waals surface area contributed by atoms with E-state index in [-0.39, 0.29) is 0 Å². The van der Waals surface area contributed by atoms with E-state index in [1.807, 2.05) is 48.5 Å². The minimum absolute atomic E-state index is 0.335. The van der Waals surface area contributed by atoms with Crippen LogP contribution >= 0.6 is 0 Å². The number of aromatic nitrogens is 2. The quantitative estimate of drug-likeness (QED) is 0.748. The minimum Gasteiger partial charge on any atom is -0.489 e. The van der Waals surface area contributed by atoms with Gasteiger partial charge in [-0.05, 0) is 36.4 Å². The second-order valence-corrected chi connectivity index (χ2v) is 5.05. The zero-order chi connectivity index (χ0) is 16.8. The van der Waals surface area contributed by atoms with Gasteiger partial charge >= 0.3 is 6.09 Å². The molecule has 0 aliphatic rings. The van der Waals surface area contributed by atoms with Crippen LogP contribution in [0.25, 0.3) is 11.3 Å². The molecule has 2 aromatic carbocycles. The predicted octanol–water partition coefficient (Wildman–Crippen LogP) is 3.83. The zero-order valence-electron chi connectivity index (χ0n) is 13.2. The van der Waals surface area contributed by atoms with Gasteiger partial charge in [-0.25, -0.2) is 4.79 Å². The number of carbonyl (C=O) groups excluding carboxylic acids is 1. The van der Waals surface area contributed by atoms with Crippen molar-refractivity contribution in [2.24, 2.45) is 0 Å². The van der Waals surface area contributed by atoms with Crippen molar-refractivity contribution < 1.29 is 14.3 Å². The van der Waals surface area contributed by atoms with Crippen molar-refractivity contribution in [1.82, 2.24) is 10.2 Å². The molecule has 0 fully saturated rings. The van der Waals surface area contributed by atoms with Gasteiger partial charge < -0.3 is 9.47 Å². The van der Waals surface area contributed by atoms with Crippen LogP contribution in [0.2, 0.25) is 0 Å². The van der Waals surface area contributed by atoms with Gasteiger partial charge in [0.25, 0.3) is 0 Å². The van der Waals surface area contributed by atoms with Crippen molar-refractivity contribution in [3.8, 4) is 17.0 Å². The van der Waals surface area contributed by atoms with Crippen LogP contribution in [-0.2, 0) is 11.3 Å². The third-order valence-electron chi connectivity index (χ3n) is 3.48. The van der Waals surface area contributed by atoms with E-state index >= 15 is 0 Å². The molecule has 3 aromatic rings. The highest BCUT2D eigenvalue weighted by Crippen LogP contribution is 2.22. The number of hydrogen-bond acceptors (Lipinski definition) is 4. The number of para-hydroxylation sites is 1.